The zero-order valence-corrected chi connectivity index (χ0v) is 16.0. The van der Waals surface area contributed by atoms with Crippen LogP contribution in [0.4, 0.5) is 5.82 Å². The first-order valence-electron chi connectivity index (χ1n) is 9.27. The standard InChI is InChI=1S/C20H24ClN3O3/c21-16-5-2-4-15-7-8-18(23-20(15)16)24-11-9-14(10-12-24)3-1-6-19(26)27-13-17(22)25/h2,4-5,7-8,14H,1,3,6,9-13H2,(H2,22,25). The van der Waals surface area contributed by atoms with E-state index in [1.807, 2.05) is 24.3 Å². The van der Waals surface area contributed by atoms with Crippen LogP contribution in [0.2, 0.25) is 5.02 Å². The second kappa shape index (κ2) is 9.04. The fraction of sp³-hybridized carbons (Fsp3) is 0.450. The summed E-state index contributed by atoms with van der Waals surface area (Å²) in [6, 6.07) is 9.92. The van der Waals surface area contributed by atoms with Crippen molar-refractivity contribution >= 4 is 40.2 Å². The summed E-state index contributed by atoms with van der Waals surface area (Å²) in [7, 11) is 0. The summed E-state index contributed by atoms with van der Waals surface area (Å²) in [6.45, 7) is 1.56. The maximum Gasteiger partial charge on any atom is 0.306 e. The number of carbonyl (C=O) groups excluding carboxylic acids is 2. The number of para-hydroxylation sites is 1. The number of benzene rings is 1. The lowest BCUT2D eigenvalue weighted by atomic mass is 9.91. The molecule has 0 saturated carbocycles. The SMILES string of the molecule is NC(=O)COC(=O)CCCC1CCN(c2ccc3cccc(Cl)c3n2)CC1. The highest BCUT2D eigenvalue weighted by Crippen LogP contribution is 2.28. The molecule has 1 saturated heterocycles. The van der Waals surface area contributed by atoms with Crippen LogP contribution in [0.3, 0.4) is 0 Å². The third kappa shape index (κ3) is 5.32. The number of anilines is 1. The largest absolute Gasteiger partial charge is 0.456 e. The third-order valence-electron chi connectivity index (χ3n) is 4.96. The van der Waals surface area contributed by atoms with E-state index in [2.05, 4.69) is 11.0 Å². The van der Waals surface area contributed by atoms with Crippen molar-refractivity contribution in [3.8, 4) is 0 Å². The van der Waals surface area contributed by atoms with E-state index < -0.39 is 5.91 Å². The van der Waals surface area contributed by atoms with E-state index in [9.17, 15) is 9.59 Å². The lowest BCUT2D eigenvalue weighted by Crippen LogP contribution is -2.34. The molecule has 0 spiro atoms. The number of pyridine rings is 1. The zero-order chi connectivity index (χ0) is 19.2. The van der Waals surface area contributed by atoms with Crippen LogP contribution in [-0.4, -0.2) is 36.6 Å². The highest BCUT2D eigenvalue weighted by atomic mass is 35.5. The number of rotatable bonds is 7. The monoisotopic (exact) mass is 389 g/mol. The average Bonchev–Trinajstić information content (AvgIpc) is 2.67. The van der Waals surface area contributed by atoms with E-state index in [4.69, 9.17) is 27.1 Å². The number of fused-ring (bicyclic) bond motifs is 1. The topological polar surface area (TPSA) is 85.5 Å². The first kappa shape index (κ1) is 19.4. The molecule has 1 aliphatic heterocycles. The number of aromatic nitrogens is 1. The smallest absolute Gasteiger partial charge is 0.306 e. The Bertz CT molecular complexity index is 819. The van der Waals surface area contributed by atoms with Gasteiger partial charge in [0.2, 0.25) is 0 Å². The summed E-state index contributed by atoms with van der Waals surface area (Å²) < 4.78 is 4.77. The summed E-state index contributed by atoms with van der Waals surface area (Å²) in [5.41, 5.74) is 5.79. The number of primary amides is 1. The molecular weight excluding hydrogens is 366 g/mol. The molecule has 2 heterocycles. The third-order valence-corrected chi connectivity index (χ3v) is 5.27. The quantitative estimate of drug-likeness (QED) is 0.734. The minimum absolute atomic E-state index is 0.332. The molecule has 2 N–H and O–H groups in total. The van der Waals surface area contributed by atoms with Crippen LogP contribution in [0.5, 0.6) is 0 Å². The van der Waals surface area contributed by atoms with Gasteiger partial charge in [0.05, 0.1) is 10.5 Å². The predicted octanol–water partition coefficient (Wildman–Crippen LogP) is 3.30. The van der Waals surface area contributed by atoms with E-state index in [0.717, 1.165) is 55.5 Å². The summed E-state index contributed by atoms with van der Waals surface area (Å²) in [6.07, 6.45) is 4.22. The second-order valence-corrected chi connectivity index (χ2v) is 7.34. The van der Waals surface area contributed by atoms with Crippen molar-refractivity contribution in [2.75, 3.05) is 24.6 Å². The lowest BCUT2D eigenvalue weighted by Gasteiger charge is -2.33. The zero-order valence-electron chi connectivity index (χ0n) is 15.2. The highest BCUT2D eigenvalue weighted by Gasteiger charge is 2.20. The normalized spacial score (nSPS) is 15.1. The van der Waals surface area contributed by atoms with Crippen LogP contribution in [0.15, 0.2) is 30.3 Å². The number of nitrogens with zero attached hydrogens (tertiary/aromatic N) is 2. The molecular formula is C20H24ClN3O3. The van der Waals surface area contributed by atoms with Crippen LogP contribution in [0.25, 0.3) is 10.9 Å². The van der Waals surface area contributed by atoms with Crippen LogP contribution < -0.4 is 10.6 Å². The minimum Gasteiger partial charge on any atom is -0.456 e. The summed E-state index contributed by atoms with van der Waals surface area (Å²) >= 11 is 6.27. The van der Waals surface area contributed by atoms with Gasteiger partial charge in [0, 0.05) is 24.9 Å². The number of piperidine rings is 1. The summed E-state index contributed by atoms with van der Waals surface area (Å²) in [4.78, 5) is 29.1. The van der Waals surface area contributed by atoms with E-state index >= 15 is 0 Å². The van der Waals surface area contributed by atoms with E-state index in [-0.39, 0.29) is 12.6 Å². The molecule has 0 aliphatic carbocycles. The molecule has 2 aromatic rings. The van der Waals surface area contributed by atoms with Gasteiger partial charge in [-0.05, 0) is 49.8 Å². The molecule has 3 rings (SSSR count). The fourth-order valence-corrected chi connectivity index (χ4v) is 3.71. The summed E-state index contributed by atoms with van der Waals surface area (Å²) in [5.74, 6) is 0.570. The number of hydrogen-bond donors (Lipinski definition) is 1. The Morgan fingerprint density at radius 1 is 1.22 bits per heavy atom. The molecule has 0 radical (unpaired) electrons. The molecule has 6 nitrogen and oxygen atoms in total. The maximum absolute atomic E-state index is 11.5. The minimum atomic E-state index is -0.626. The molecule has 1 aromatic carbocycles. The van der Waals surface area contributed by atoms with Gasteiger partial charge in [0.25, 0.3) is 5.91 Å². The van der Waals surface area contributed by atoms with Gasteiger partial charge in [-0.15, -0.1) is 0 Å². The molecule has 27 heavy (non-hydrogen) atoms. The fourth-order valence-electron chi connectivity index (χ4n) is 3.49. The van der Waals surface area contributed by atoms with Crippen molar-refractivity contribution in [3.63, 3.8) is 0 Å². The Labute approximate surface area is 163 Å². The van der Waals surface area contributed by atoms with Crippen molar-refractivity contribution in [2.24, 2.45) is 11.7 Å². The van der Waals surface area contributed by atoms with Gasteiger partial charge in [-0.3, -0.25) is 9.59 Å². The molecule has 7 heteroatoms. The van der Waals surface area contributed by atoms with Crippen molar-refractivity contribution in [1.82, 2.24) is 4.98 Å². The Hall–Kier alpha value is -2.34. The van der Waals surface area contributed by atoms with Crippen molar-refractivity contribution in [3.05, 3.63) is 35.4 Å². The molecule has 1 fully saturated rings. The highest BCUT2D eigenvalue weighted by molar-refractivity contribution is 6.35. The van der Waals surface area contributed by atoms with Crippen LogP contribution in [-0.2, 0) is 14.3 Å². The Balaban J connectivity index is 1.46. The number of ether oxygens (including phenoxy) is 1. The Morgan fingerprint density at radius 2 is 2.00 bits per heavy atom. The number of hydrogen-bond acceptors (Lipinski definition) is 5. The van der Waals surface area contributed by atoms with Gasteiger partial charge in [0.1, 0.15) is 5.82 Å². The number of amides is 1. The van der Waals surface area contributed by atoms with Gasteiger partial charge in [-0.2, -0.15) is 0 Å². The van der Waals surface area contributed by atoms with E-state index in [0.29, 0.717) is 17.4 Å². The van der Waals surface area contributed by atoms with E-state index in [1.165, 1.54) is 0 Å². The number of esters is 1. The Morgan fingerprint density at radius 3 is 2.74 bits per heavy atom. The van der Waals surface area contributed by atoms with Gasteiger partial charge in [0.15, 0.2) is 6.61 Å². The van der Waals surface area contributed by atoms with Crippen molar-refractivity contribution in [2.45, 2.75) is 32.1 Å². The molecule has 1 aromatic heterocycles. The molecule has 0 atom stereocenters. The van der Waals surface area contributed by atoms with Crippen LogP contribution >= 0.6 is 11.6 Å². The van der Waals surface area contributed by atoms with Crippen molar-refractivity contribution in [1.29, 1.82) is 0 Å². The number of carbonyl (C=O) groups is 2. The van der Waals surface area contributed by atoms with Gasteiger partial charge >= 0.3 is 5.97 Å². The van der Waals surface area contributed by atoms with Gasteiger partial charge in [-0.1, -0.05) is 23.7 Å². The maximum atomic E-state index is 11.5. The van der Waals surface area contributed by atoms with Gasteiger partial charge < -0.3 is 15.4 Å². The molecule has 0 unspecified atom stereocenters. The van der Waals surface area contributed by atoms with Gasteiger partial charge in [-0.25, -0.2) is 4.98 Å². The Kier molecular flexibility index (Phi) is 6.50. The molecule has 1 aliphatic rings. The first-order chi connectivity index (χ1) is 13.0. The second-order valence-electron chi connectivity index (χ2n) is 6.93. The van der Waals surface area contributed by atoms with Crippen LogP contribution in [0.1, 0.15) is 32.1 Å². The molecule has 1 amide bonds. The number of nitrogens with two attached hydrogens (primary N) is 1. The van der Waals surface area contributed by atoms with Crippen molar-refractivity contribution < 1.29 is 14.3 Å². The number of halogens is 1. The predicted molar refractivity (Wildman–Crippen MR) is 106 cm³/mol. The average molecular weight is 390 g/mol. The molecule has 0 bridgehead atoms. The van der Waals surface area contributed by atoms with E-state index in [1.54, 1.807) is 0 Å². The first-order valence-corrected chi connectivity index (χ1v) is 9.65. The lowest BCUT2D eigenvalue weighted by molar-refractivity contribution is -0.147. The molecule has 144 valence electrons. The van der Waals surface area contributed by atoms with Crippen LogP contribution in [0, 0.1) is 5.92 Å². The summed E-state index contributed by atoms with van der Waals surface area (Å²) in [5, 5.41) is 1.72.